The van der Waals surface area contributed by atoms with Crippen LogP contribution in [-0.2, 0) is 9.59 Å². The van der Waals surface area contributed by atoms with Crippen molar-refractivity contribution in [1.82, 2.24) is 10.6 Å². The first-order valence-corrected chi connectivity index (χ1v) is 5.56. The average Bonchev–Trinajstić information content (AvgIpc) is 2.97. The highest BCUT2D eigenvalue weighted by atomic mass is 16.4. The Morgan fingerprint density at radius 2 is 1.94 bits per heavy atom. The molecule has 2 amide bonds. The number of nitrogens with one attached hydrogen (secondary N) is 2. The highest BCUT2D eigenvalue weighted by Gasteiger charge is 2.74. The first-order chi connectivity index (χ1) is 8.32. The number of nitrogens with two attached hydrogens (primary N) is 1. The van der Waals surface area contributed by atoms with E-state index < -0.39 is 47.3 Å². The van der Waals surface area contributed by atoms with Gasteiger partial charge in [0.15, 0.2) is 0 Å². The van der Waals surface area contributed by atoms with E-state index in [1.54, 1.807) is 0 Å². The molecule has 5 atom stereocenters. The van der Waals surface area contributed by atoms with Gasteiger partial charge in [-0.15, -0.1) is 0 Å². The van der Waals surface area contributed by atoms with Gasteiger partial charge in [-0.1, -0.05) is 0 Å². The first-order valence-electron chi connectivity index (χ1n) is 5.56. The lowest BCUT2D eigenvalue weighted by atomic mass is 9.90. The quantitative estimate of drug-likeness (QED) is 0.413. The molecule has 0 spiro atoms. The van der Waals surface area contributed by atoms with Crippen LogP contribution in [0.3, 0.4) is 0 Å². The van der Waals surface area contributed by atoms with E-state index in [-0.39, 0.29) is 6.42 Å². The molecule has 0 radical (unpaired) electrons. The number of carbonyl (C=O) groups excluding carboxylic acids is 1. The zero-order valence-corrected chi connectivity index (χ0v) is 9.71. The number of amides is 2. The van der Waals surface area contributed by atoms with Crippen molar-refractivity contribution < 1.29 is 24.6 Å². The number of aliphatic carboxylic acids is 2. The summed E-state index contributed by atoms with van der Waals surface area (Å²) in [5, 5.41) is 23.0. The Bertz CT molecular complexity index is 426. The highest BCUT2D eigenvalue weighted by Crippen LogP contribution is 2.61. The Morgan fingerprint density at radius 3 is 2.39 bits per heavy atom. The predicted octanol–water partition coefficient (Wildman–Crippen LogP) is -1.58. The summed E-state index contributed by atoms with van der Waals surface area (Å²) in [6.45, 7) is 0. The smallest absolute Gasteiger partial charge is 0.324 e. The van der Waals surface area contributed by atoms with E-state index in [1.807, 2.05) is 0 Å². The lowest BCUT2D eigenvalue weighted by molar-refractivity contribution is -0.145. The second-order valence-corrected chi connectivity index (χ2v) is 4.85. The van der Waals surface area contributed by atoms with Crippen LogP contribution in [-0.4, -0.2) is 46.8 Å². The van der Waals surface area contributed by atoms with Crippen LogP contribution in [0, 0.1) is 17.8 Å². The third-order valence-electron chi connectivity index (χ3n) is 3.92. The number of rotatable bonds is 3. The number of carbonyl (C=O) groups is 3. The van der Waals surface area contributed by atoms with Gasteiger partial charge in [0.1, 0.15) is 5.54 Å². The topological polar surface area (TPSA) is 142 Å². The van der Waals surface area contributed by atoms with Crippen LogP contribution < -0.4 is 16.4 Å². The molecule has 2 aliphatic rings. The lowest BCUT2D eigenvalue weighted by Gasteiger charge is -2.24. The Hall–Kier alpha value is -1.83. The fourth-order valence-electron chi connectivity index (χ4n) is 3.07. The molecule has 6 N–H and O–H groups in total. The van der Waals surface area contributed by atoms with Gasteiger partial charge < -0.3 is 26.6 Å². The van der Waals surface area contributed by atoms with Crippen LogP contribution >= 0.6 is 0 Å². The third kappa shape index (κ3) is 1.60. The first kappa shape index (κ1) is 12.6. The van der Waals surface area contributed by atoms with E-state index in [2.05, 4.69) is 10.6 Å². The molecule has 0 bridgehead atoms. The zero-order chi connectivity index (χ0) is 13.7. The number of hydrogen-bond acceptors (Lipinski definition) is 4. The number of urea groups is 1. The molecule has 8 nitrogen and oxygen atoms in total. The Balaban J connectivity index is 2.19. The summed E-state index contributed by atoms with van der Waals surface area (Å²) in [5.74, 6) is -4.09. The van der Waals surface area contributed by atoms with Gasteiger partial charge in [0.05, 0.1) is 5.92 Å². The van der Waals surface area contributed by atoms with Crippen molar-refractivity contribution >= 4 is 18.0 Å². The number of hydrogen-bond donors (Lipinski definition) is 5. The van der Waals surface area contributed by atoms with Crippen molar-refractivity contribution in [1.29, 1.82) is 0 Å². The molecule has 0 aromatic rings. The monoisotopic (exact) mass is 257 g/mol. The van der Waals surface area contributed by atoms with Crippen LogP contribution in [0.25, 0.3) is 0 Å². The molecule has 0 heterocycles. The molecule has 2 rings (SSSR count). The Kier molecular flexibility index (Phi) is 2.69. The fraction of sp³-hybridized carbons (Fsp3) is 0.700. The van der Waals surface area contributed by atoms with Crippen LogP contribution in [0.4, 0.5) is 4.79 Å². The predicted molar refractivity (Wildman–Crippen MR) is 58.7 cm³/mol. The summed E-state index contributed by atoms with van der Waals surface area (Å²) in [6, 6.07) is -0.985. The maximum Gasteiger partial charge on any atom is 0.324 e. The van der Waals surface area contributed by atoms with E-state index >= 15 is 0 Å². The van der Waals surface area contributed by atoms with Crippen molar-refractivity contribution in [2.24, 2.45) is 23.5 Å². The third-order valence-corrected chi connectivity index (χ3v) is 3.92. The molecular weight excluding hydrogens is 242 g/mol. The van der Waals surface area contributed by atoms with E-state index in [0.29, 0.717) is 0 Å². The van der Waals surface area contributed by atoms with Crippen molar-refractivity contribution in [2.75, 3.05) is 7.05 Å². The summed E-state index contributed by atoms with van der Waals surface area (Å²) in [7, 11) is 1.43. The minimum atomic E-state index is -1.57. The molecule has 0 saturated heterocycles. The number of carboxylic acids is 2. The highest BCUT2D eigenvalue weighted by molar-refractivity contribution is 5.86. The summed E-state index contributed by atoms with van der Waals surface area (Å²) < 4.78 is 0. The number of fused-ring (bicyclic) bond motifs is 1. The second kappa shape index (κ2) is 3.84. The SMILES string of the molecule is CNC(=O)NC1CC(N)(C(=O)O)C2C(C(=O)O)C12. The van der Waals surface area contributed by atoms with Gasteiger partial charge in [-0.05, 0) is 12.3 Å². The standard InChI is InChI=1S/C10H15N3O5/c1-12-9(18)13-3-2-10(11,8(16)17)6-4(3)5(6)7(14)15/h3-6H,2,11H2,1H3,(H,14,15)(H,16,17)(H2,12,13,18). The van der Waals surface area contributed by atoms with Crippen molar-refractivity contribution in [3.05, 3.63) is 0 Å². The summed E-state index contributed by atoms with van der Waals surface area (Å²) in [5.41, 5.74) is 4.22. The molecule has 18 heavy (non-hydrogen) atoms. The molecule has 8 heteroatoms. The minimum absolute atomic E-state index is 0.0505. The second-order valence-electron chi connectivity index (χ2n) is 4.85. The van der Waals surface area contributed by atoms with Gasteiger partial charge in [0, 0.05) is 19.0 Å². The van der Waals surface area contributed by atoms with Crippen LogP contribution in [0.15, 0.2) is 0 Å². The van der Waals surface area contributed by atoms with Gasteiger partial charge in [0.25, 0.3) is 0 Å². The molecular formula is C10H15N3O5. The van der Waals surface area contributed by atoms with Gasteiger partial charge in [-0.2, -0.15) is 0 Å². The molecule has 100 valence electrons. The molecule has 0 aromatic carbocycles. The summed E-state index contributed by atoms with van der Waals surface area (Å²) >= 11 is 0. The Labute approximate surface area is 103 Å². The van der Waals surface area contributed by atoms with Crippen molar-refractivity contribution in [3.63, 3.8) is 0 Å². The average molecular weight is 257 g/mol. The van der Waals surface area contributed by atoms with E-state index in [0.717, 1.165) is 0 Å². The Morgan fingerprint density at radius 1 is 1.33 bits per heavy atom. The normalized spacial score (nSPS) is 40.8. The minimum Gasteiger partial charge on any atom is -0.481 e. The largest absolute Gasteiger partial charge is 0.481 e. The van der Waals surface area contributed by atoms with Gasteiger partial charge in [0.2, 0.25) is 0 Å². The summed E-state index contributed by atoms with van der Waals surface area (Å²) in [4.78, 5) is 33.4. The maximum absolute atomic E-state index is 11.2. The van der Waals surface area contributed by atoms with Crippen LogP contribution in [0.5, 0.6) is 0 Å². The number of carboxylic acid groups (broad SMARTS) is 2. The molecule has 2 aliphatic carbocycles. The van der Waals surface area contributed by atoms with E-state index in [1.165, 1.54) is 7.05 Å². The van der Waals surface area contributed by atoms with Crippen molar-refractivity contribution in [3.8, 4) is 0 Å². The van der Waals surface area contributed by atoms with Gasteiger partial charge in [-0.3, -0.25) is 9.59 Å². The van der Waals surface area contributed by atoms with Gasteiger partial charge in [-0.25, -0.2) is 4.79 Å². The van der Waals surface area contributed by atoms with Crippen molar-refractivity contribution in [2.45, 2.75) is 18.0 Å². The molecule has 0 aliphatic heterocycles. The van der Waals surface area contributed by atoms with E-state index in [4.69, 9.17) is 15.9 Å². The maximum atomic E-state index is 11.2. The van der Waals surface area contributed by atoms with Crippen LogP contribution in [0.2, 0.25) is 0 Å². The molecule has 2 saturated carbocycles. The van der Waals surface area contributed by atoms with Crippen LogP contribution in [0.1, 0.15) is 6.42 Å². The lowest BCUT2D eigenvalue weighted by Crippen LogP contribution is -2.53. The zero-order valence-electron chi connectivity index (χ0n) is 9.71. The van der Waals surface area contributed by atoms with E-state index in [9.17, 15) is 14.4 Å². The fourth-order valence-corrected chi connectivity index (χ4v) is 3.07. The molecule has 5 unspecified atom stereocenters. The summed E-state index contributed by atoms with van der Waals surface area (Å²) in [6.07, 6.45) is 0.0505. The molecule has 0 aromatic heterocycles. The molecule has 2 fully saturated rings. The van der Waals surface area contributed by atoms with Gasteiger partial charge >= 0.3 is 18.0 Å².